The second-order valence-corrected chi connectivity index (χ2v) is 2.44. The first-order chi connectivity index (χ1) is 6.04. The highest BCUT2D eigenvalue weighted by atomic mass is 16.4. The molecule has 0 aromatic carbocycles. The number of carboxylic acid groups (broad SMARTS) is 1. The van der Waals surface area contributed by atoms with Crippen molar-refractivity contribution in [2.24, 2.45) is 5.73 Å². The van der Waals surface area contributed by atoms with Crippen LogP contribution in [0.2, 0.25) is 0 Å². The van der Waals surface area contributed by atoms with Gasteiger partial charge in [0.15, 0.2) is 0 Å². The molecule has 0 aliphatic carbocycles. The summed E-state index contributed by atoms with van der Waals surface area (Å²) in [6.07, 6.45) is 3.80. The van der Waals surface area contributed by atoms with E-state index in [9.17, 15) is 9.59 Å². The van der Waals surface area contributed by atoms with Crippen molar-refractivity contribution >= 4 is 11.9 Å². The van der Waals surface area contributed by atoms with Gasteiger partial charge in [0.2, 0.25) is 5.91 Å². The first kappa shape index (κ1) is 14.2. The van der Waals surface area contributed by atoms with E-state index in [2.05, 4.69) is 6.58 Å². The molecule has 0 rings (SSSR count). The van der Waals surface area contributed by atoms with Crippen molar-refractivity contribution in [1.29, 1.82) is 0 Å². The summed E-state index contributed by atoms with van der Waals surface area (Å²) in [6, 6.07) is 0. The van der Waals surface area contributed by atoms with Gasteiger partial charge in [0.05, 0.1) is 0 Å². The molecule has 4 nitrogen and oxygen atoms in total. The molecule has 0 aromatic heterocycles. The van der Waals surface area contributed by atoms with Gasteiger partial charge in [-0.2, -0.15) is 0 Å². The standard InChI is InChI=1S/C5H9NO.C4H8O2/c1-2-3-4-5(6)7;1-2-3-4(5)6/h2H,1,3-4H2,(H2,6,7);2-3H2,1H3,(H,5,6). The summed E-state index contributed by atoms with van der Waals surface area (Å²) < 4.78 is 0. The number of carbonyl (C=O) groups is 2. The maximum Gasteiger partial charge on any atom is 0.303 e. The van der Waals surface area contributed by atoms with E-state index in [1.807, 2.05) is 6.92 Å². The van der Waals surface area contributed by atoms with E-state index < -0.39 is 5.97 Å². The third kappa shape index (κ3) is 24.9. The minimum absolute atomic E-state index is 0.264. The number of hydrogen-bond donors (Lipinski definition) is 2. The number of carbonyl (C=O) groups excluding carboxylic acids is 1. The molecule has 4 heteroatoms. The minimum atomic E-state index is -0.711. The summed E-state index contributed by atoms with van der Waals surface area (Å²) in [5.41, 5.74) is 4.79. The summed E-state index contributed by atoms with van der Waals surface area (Å²) in [6.45, 7) is 5.27. The molecule has 1 amide bonds. The average molecular weight is 187 g/mol. The summed E-state index contributed by atoms with van der Waals surface area (Å²) in [4.78, 5) is 19.5. The molecule has 0 unspecified atom stereocenters. The SMILES string of the molecule is C=CCCC(N)=O.CCCC(=O)O. The van der Waals surface area contributed by atoms with Crippen molar-refractivity contribution < 1.29 is 14.7 Å². The monoisotopic (exact) mass is 187 g/mol. The molecule has 0 saturated carbocycles. The Morgan fingerprint density at radius 2 is 2.00 bits per heavy atom. The van der Waals surface area contributed by atoms with Crippen molar-refractivity contribution in [2.75, 3.05) is 0 Å². The van der Waals surface area contributed by atoms with Gasteiger partial charge in [-0.15, -0.1) is 6.58 Å². The summed E-state index contributed by atoms with van der Waals surface area (Å²) >= 11 is 0. The lowest BCUT2D eigenvalue weighted by molar-refractivity contribution is -0.137. The molecule has 0 atom stereocenters. The smallest absolute Gasteiger partial charge is 0.303 e. The van der Waals surface area contributed by atoms with Crippen LogP contribution in [0.5, 0.6) is 0 Å². The van der Waals surface area contributed by atoms with Crippen LogP contribution in [0.3, 0.4) is 0 Å². The van der Waals surface area contributed by atoms with Gasteiger partial charge in [-0.3, -0.25) is 9.59 Å². The predicted molar refractivity (Wildman–Crippen MR) is 51.2 cm³/mol. The molecular weight excluding hydrogens is 170 g/mol. The molecule has 0 bridgehead atoms. The van der Waals surface area contributed by atoms with Crippen LogP contribution in [0, 0.1) is 0 Å². The summed E-state index contributed by atoms with van der Waals surface area (Å²) in [5, 5.41) is 7.91. The third-order valence-electron chi connectivity index (χ3n) is 1.06. The Kier molecular flexibility index (Phi) is 11.7. The molecule has 0 aliphatic rings. The van der Waals surface area contributed by atoms with Crippen molar-refractivity contribution in [1.82, 2.24) is 0 Å². The Labute approximate surface area is 78.4 Å². The number of amides is 1. The average Bonchev–Trinajstić information content (AvgIpc) is 2.01. The molecule has 3 N–H and O–H groups in total. The topological polar surface area (TPSA) is 80.4 Å². The highest BCUT2D eigenvalue weighted by Gasteiger charge is 1.87. The van der Waals surface area contributed by atoms with Gasteiger partial charge in [-0.05, 0) is 12.8 Å². The molecule has 0 radical (unpaired) electrons. The summed E-state index contributed by atoms with van der Waals surface area (Å²) in [5.74, 6) is -0.975. The van der Waals surface area contributed by atoms with Gasteiger partial charge in [-0.1, -0.05) is 13.0 Å². The Morgan fingerprint density at radius 3 is 2.08 bits per heavy atom. The van der Waals surface area contributed by atoms with Crippen LogP contribution in [0.1, 0.15) is 32.6 Å². The van der Waals surface area contributed by atoms with Crippen LogP contribution in [0.4, 0.5) is 0 Å². The lowest BCUT2D eigenvalue weighted by Gasteiger charge is -1.83. The Bertz CT molecular complexity index is 166. The molecule has 0 aromatic rings. The fourth-order valence-electron chi connectivity index (χ4n) is 0.458. The lowest BCUT2D eigenvalue weighted by Crippen LogP contribution is -2.08. The van der Waals surface area contributed by atoms with Gasteiger partial charge in [0.1, 0.15) is 0 Å². The number of nitrogens with two attached hydrogens (primary N) is 1. The number of allylic oxidation sites excluding steroid dienone is 1. The van der Waals surface area contributed by atoms with E-state index >= 15 is 0 Å². The van der Waals surface area contributed by atoms with E-state index in [4.69, 9.17) is 10.8 Å². The second kappa shape index (κ2) is 10.7. The normalized spacial score (nSPS) is 8.08. The lowest BCUT2D eigenvalue weighted by atomic mass is 10.3. The number of rotatable bonds is 5. The Hall–Kier alpha value is -1.32. The third-order valence-corrected chi connectivity index (χ3v) is 1.06. The number of carboxylic acids is 1. The van der Waals surface area contributed by atoms with Gasteiger partial charge in [0, 0.05) is 12.8 Å². The van der Waals surface area contributed by atoms with E-state index in [-0.39, 0.29) is 5.91 Å². The van der Waals surface area contributed by atoms with Crippen molar-refractivity contribution in [2.45, 2.75) is 32.6 Å². The largest absolute Gasteiger partial charge is 0.481 e. The van der Waals surface area contributed by atoms with E-state index in [0.717, 1.165) is 6.42 Å². The van der Waals surface area contributed by atoms with E-state index in [1.165, 1.54) is 0 Å². The maximum absolute atomic E-state index is 9.93. The second-order valence-electron chi connectivity index (χ2n) is 2.44. The van der Waals surface area contributed by atoms with Gasteiger partial charge in [-0.25, -0.2) is 0 Å². The molecular formula is C9H17NO3. The van der Waals surface area contributed by atoms with Crippen LogP contribution < -0.4 is 5.73 Å². The van der Waals surface area contributed by atoms with Crippen LogP contribution in [-0.4, -0.2) is 17.0 Å². The van der Waals surface area contributed by atoms with E-state index in [0.29, 0.717) is 19.3 Å². The van der Waals surface area contributed by atoms with Crippen molar-refractivity contribution in [3.63, 3.8) is 0 Å². The highest BCUT2D eigenvalue weighted by Crippen LogP contribution is 1.84. The first-order valence-corrected chi connectivity index (χ1v) is 4.15. The summed E-state index contributed by atoms with van der Waals surface area (Å²) in [7, 11) is 0. The van der Waals surface area contributed by atoms with E-state index in [1.54, 1.807) is 6.08 Å². The first-order valence-electron chi connectivity index (χ1n) is 4.15. The zero-order valence-electron chi connectivity index (χ0n) is 7.95. The predicted octanol–water partition coefficient (Wildman–Crippen LogP) is 1.31. The van der Waals surface area contributed by atoms with Crippen LogP contribution in [-0.2, 0) is 9.59 Å². The van der Waals surface area contributed by atoms with Gasteiger partial charge < -0.3 is 10.8 Å². The van der Waals surface area contributed by atoms with Crippen molar-refractivity contribution in [3.8, 4) is 0 Å². The quantitative estimate of drug-likeness (QED) is 0.637. The number of primary amides is 1. The highest BCUT2D eigenvalue weighted by molar-refractivity contribution is 5.73. The number of hydrogen-bond acceptors (Lipinski definition) is 2. The zero-order chi connectivity index (χ0) is 10.7. The van der Waals surface area contributed by atoms with Gasteiger partial charge in [0.25, 0.3) is 0 Å². The molecule has 0 fully saturated rings. The molecule has 0 spiro atoms. The fraction of sp³-hybridized carbons (Fsp3) is 0.556. The molecule has 13 heavy (non-hydrogen) atoms. The van der Waals surface area contributed by atoms with Gasteiger partial charge >= 0.3 is 5.97 Å². The van der Waals surface area contributed by atoms with Crippen LogP contribution in [0.25, 0.3) is 0 Å². The fourth-order valence-corrected chi connectivity index (χ4v) is 0.458. The van der Waals surface area contributed by atoms with Crippen LogP contribution in [0.15, 0.2) is 12.7 Å². The molecule has 0 heterocycles. The Balaban J connectivity index is 0. The van der Waals surface area contributed by atoms with Crippen molar-refractivity contribution in [3.05, 3.63) is 12.7 Å². The number of aliphatic carboxylic acids is 1. The Morgan fingerprint density at radius 1 is 1.46 bits per heavy atom. The maximum atomic E-state index is 9.93. The van der Waals surface area contributed by atoms with Crippen LogP contribution >= 0.6 is 0 Å². The molecule has 76 valence electrons. The minimum Gasteiger partial charge on any atom is -0.481 e. The molecule has 0 aliphatic heterocycles. The molecule has 0 saturated heterocycles. The zero-order valence-corrected chi connectivity index (χ0v) is 7.95.